The topological polar surface area (TPSA) is 71.7 Å². The van der Waals surface area contributed by atoms with Crippen LogP contribution in [0.2, 0.25) is 0 Å². The van der Waals surface area contributed by atoms with Gasteiger partial charge in [0.15, 0.2) is 5.69 Å². The summed E-state index contributed by atoms with van der Waals surface area (Å²) in [7, 11) is 0. The second-order valence-electron chi connectivity index (χ2n) is 5.71. The minimum Gasteiger partial charge on any atom is -0.505 e. The quantitative estimate of drug-likeness (QED) is 0.852. The van der Waals surface area contributed by atoms with Gasteiger partial charge in [0.05, 0.1) is 12.3 Å². The van der Waals surface area contributed by atoms with Crippen molar-refractivity contribution in [3.05, 3.63) is 47.8 Å². The predicted molar refractivity (Wildman–Crippen MR) is 78.5 cm³/mol. The van der Waals surface area contributed by atoms with Crippen molar-refractivity contribution in [3.63, 3.8) is 0 Å². The second kappa shape index (κ2) is 5.61. The van der Waals surface area contributed by atoms with Gasteiger partial charge in [0, 0.05) is 11.8 Å². The van der Waals surface area contributed by atoms with E-state index in [1.807, 2.05) is 0 Å². The lowest BCUT2D eigenvalue weighted by molar-refractivity contribution is 0.00577. The monoisotopic (exact) mass is 289 g/mol. The van der Waals surface area contributed by atoms with Crippen molar-refractivity contribution >= 4 is 5.97 Å². The Kier molecular flexibility index (Phi) is 4.04. The van der Waals surface area contributed by atoms with Gasteiger partial charge in [-0.3, -0.25) is 0 Å². The summed E-state index contributed by atoms with van der Waals surface area (Å²) in [4.78, 5) is 12.3. The third-order valence-electron chi connectivity index (χ3n) is 2.88. The van der Waals surface area contributed by atoms with Crippen molar-refractivity contribution in [1.29, 1.82) is 0 Å². The van der Waals surface area contributed by atoms with E-state index < -0.39 is 11.6 Å². The molecule has 112 valence electrons. The third-order valence-corrected chi connectivity index (χ3v) is 2.88. The van der Waals surface area contributed by atoms with Gasteiger partial charge in [-0.05, 0) is 32.9 Å². The molecule has 0 spiro atoms. The molecule has 0 bridgehead atoms. The first kappa shape index (κ1) is 15.1. The standard InChI is InChI=1S/C16H19NO4/c1-16(2,3)21-15(20)14-13(19)8-9-17(14)12-7-5-4-6-11(12)10-18/h4-9,18-19H,10H2,1-3H3. The van der Waals surface area contributed by atoms with E-state index in [-0.39, 0.29) is 18.1 Å². The first-order valence-corrected chi connectivity index (χ1v) is 6.66. The van der Waals surface area contributed by atoms with Gasteiger partial charge in [-0.15, -0.1) is 0 Å². The molecular formula is C16H19NO4. The molecular weight excluding hydrogens is 270 g/mol. The summed E-state index contributed by atoms with van der Waals surface area (Å²) in [6.45, 7) is 5.12. The van der Waals surface area contributed by atoms with Gasteiger partial charge >= 0.3 is 5.97 Å². The summed E-state index contributed by atoms with van der Waals surface area (Å²) in [5, 5.41) is 19.3. The largest absolute Gasteiger partial charge is 0.505 e. The van der Waals surface area contributed by atoms with Crippen LogP contribution in [0.15, 0.2) is 36.5 Å². The van der Waals surface area contributed by atoms with E-state index in [9.17, 15) is 15.0 Å². The van der Waals surface area contributed by atoms with E-state index in [0.29, 0.717) is 11.3 Å². The maximum atomic E-state index is 12.3. The highest BCUT2D eigenvalue weighted by Crippen LogP contribution is 2.26. The van der Waals surface area contributed by atoms with Crippen molar-refractivity contribution in [2.24, 2.45) is 0 Å². The molecule has 5 nitrogen and oxygen atoms in total. The lowest BCUT2D eigenvalue weighted by atomic mass is 10.1. The van der Waals surface area contributed by atoms with Gasteiger partial charge in [-0.2, -0.15) is 0 Å². The fraction of sp³-hybridized carbons (Fsp3) is 0.312. The van der Waals surface area contributed by atoms with Crippen LogP contribution in [0.4, 0.5) is 0 Å². The van der Waals surface area contributed by atoms with Crippen molar-refractivity contribution in [2.75, 3.05) is 0 Å². The molecule has 0 amide bonds. The van der Waals surface area contributed by atoms with E-state index in [2.05, 4.69) is 0 Å². The van der Waals surface area contributed by atoms with Crippen molar-refractivity contribution in [3.8, 4) is 11.4 Å². The minimum atomic E-state index is -0.658. The Labute approximate surface area is 123 Å². The number of aliphatic hydroxyl groups excluding tert-OH is 1. The Morgan fingerprint density at radius 3 is 2.52 bits per heavy atom. The van der Waals surface area contributed by atoms with Gasteiger partial charge in [-0.1, -0.05) is 18.2 Å². The Bertz CT molecular complexity index is 653. The fourth-order valence-electron chi connectivity index (χ4n) is 2.03. The molecule has 0 radical (unpaired) electrons. The normalized spacial score (nSPS) is 11.4. The summed E-state index contributed by atoms with van der Waals surface area (Å²) in [6.07, 6.45) is 1.57. The van der Waals surface area contributed by atoms with Crippen LogP contribution in [-0.4, -0.2) is 26.4 Å². The number of aromatic nitrogens is 1. The fourth-order valence-corrected chi connectivity index (χ4v) is 2.03. The van der Waals surface area contributed by atoms with Crippen LogP contribution in [0.3, 0.4) is 0 Å². The van der Waals surface area contributed by atoms with E-state index in [1.54, 1.807) is 51.2 Å². The molecule has 1 aromatic heterocycles. The number of rotatable bonds is 3. The molecule has 0 unspecified atom stereocenters. The smallest absolute Gasteiger partial charge is 0.359 e. The van der Waals surface area contributed by atoms with Crippen LogP contribution in [0.5, 0.6) is 5.75 Å². The molecule has 0 aliphatic heterocycles. The van der Waals surface area contributed by atoms with E-state index in [1.165, 1.54) is 10.6 Å². The van der Waals surface area contributed by atoms with Crippen LogP contribution < -0.4 is 0 Å². The molecule has 2 rings (SSSR count). The Morgan fingerprint density at radius 1 is 1.24 bits per heavy atom. The van der Waals surface area contributed by atoms with E-state index >= 15 is 0 Å². The molecule has 0 aliphatic rings. The van der Waals surface area contributed by atoms with Gasteiger partial charge in [0.1, 0.15) is 11.4 Å². The molecule has 1 aromatic carbocycles. The molecule has 2 N–H and O–H groups in total. The number of carbonyl (C=O) groups excluding carboxylic acids is 1. The molecule has 0 saturated carbocycles. The number of hydrogen-bond donors (Lipinski definition) is 2. The summed E-state index contributed by atoms with van der Waals surface area (Å²) >= 11 is 0. The Morgan fingerprint density at radius 2 is 1.90 bits per heavy atom. The second-order valence-corrected chi connectivity index (χ2v) is 5.71. The van der Waals surface area contributed by atoms with Crippen LogP contribution in [0, 0.1) is 0 Å². The predicted octanol–water partition coefficient (Wildman–Crippen LogP) is 2.63. The number of para-hydroxylation sites is 1. The van der Waals surface area contributed by atoms with E-state index in [0.717, 1.165) is 0 Å². The highest BCUT2D eigenvalue weighted by molar-refractivity contribution is 5.92. The molecule has 2 aromatic rings. The number of benzene rings is 1. The summed E-state index contributed by atoms with van der Waals surface area (Å²) in [5.41, 5.74) is 0.666. The number of aromatic hydroxyl groups is 1. The highest BCUT2D eigenvalue weighted by atomic mass is 16.6. The Hall–Kier alpha value is -2.27. The van der Waals surface area contributed by atoms with Crippen LogP contribution in [-0.2, 0) is 11.3 Å². The van der Waals surface area contributed by atoms with Gasteiger partial charge < -0.3 is 19.5 Å². The van der Waals surface area contributed by atoms with Crippen molar-refractivity contribution in [1.82, 2.24) is 4.57 Å². The lowest BCUT2D eigenvalue weighted by Crippen LogP contribution is -2.25. The summed E-state index contributed by atoms with van der Waals surface area (Å²) < 4.78 is 6.84. The number of aliphatic hydroxyl groups is 1. The zero-order valence-corrected chi connectivity index (χ0v) is 12.3. The average Bonchev–Trinajstić information content (AvgIpc) is 2.78. The summed E-state index contributed by atoms with van der Waals surface area (Å²) in [6, 6.07) is 8.54. The minimum absolute atomic E-state index is 0.0471. The maximum absolute atomic E-state index is 12.3. The van der Waals surface area contributed by atoms with Crippen LogP contribution in [0.1, 0.15) is 36.8 Å². The van der Waals surface area contributed by atoms with Crippen LogP contribution >= 0.6 is 0 Å². The van der Waals surface area contributed by atoms with Crippen molar-refractivity contribution in [2.45, 2.75) is 33.0 Å². The molecule has 0 atom stereocenters. The van der Waals surface area contributed by atoms with E-state index in [4.69, 9.17) is 4.74 Å². The molecule has 5 heteroatoms. The first-order chi connectivity index (χ1) is 9.83. The lowest BCUT2D eigenvalue weighted by Gasteiger charge is -2.20. The molecule has 21 heavy (non-hydrogen) atoms. The van der Waals surface area contributed by atoms with Crippen molar-refractivity contribution < 1.29 is 19.7 Å². The number of ether oxygens (including phenoxy) is 1. The zero-order valence-electron chi connectivity index (χ0n) is 12.3. The number of nitrogens with zero attached hydrogens (tertiary/aromatic N) is 1. The molecule has 0 aliphatic carbocycles. The number of carbonyl (C=O) groups is 1. The Balaban J connectivity index is 2.50. The third kappa shape index (κ3) is 3.25. The molecule has 1 heterocycles. The maximum Gasteiger partial charge on any atom is 0.359 e. The number of esters is 1. The highest BCUT2D eigenvalue weighted by Gasteiger charge is 2.25. The average molecular weight is 289 g/mol. The molecule has 0 fully saturated rings. The SMILES string of the molecule is CC(C)(C)OC(=O)c1c(O)ccn1-c1ccccc1CO. The first-order valence-electron chi connectivity index (χ1n) is 6.66. The zero-order chi connectivity index (χ0) is 15.6. The van der Waals surface area contributed by atoms with Gasteiger partial charge in [0.25, 0.3) is 0 Å². The number of hydrogen-bond acceptors (Lipinski definition) is 4. The van der Waals surface area contributed by atoms with Crippen LogP contribution in [0.25, 0.3) is 5.69 Å². The van der Waals surface area contributed by atoms with Gasteiger partial charge in [0.2, 0.25) is 0 Å². The van der Waals surface area contributed by atoms with Gasteiger partial charge in [-0.25, -0.2) is 4.79 Å². The molecule has 0 saturated heterocycles. The summed E-state index contributed by atoms with van der Waals surface area (Å²) in [5.74, 6) is -0.769.